The van der Waals surface area contributed by atoms with Crippen LogP contribution in [0.5, 0.6) is 5.75 Å². The normalized spacial score (nSPS) is 21.4. The van der Waals surface area contributed by atoms with Gasteiger partial charge in [-0.2, -0.15) is 0 Å². The maximum Gasteiger partial charge on any atom is 0.163 e. The molecule has 0 amide bonds. The molecule has 1 aromatic rings. The molecule has 0 unspecified atom stereocenters. The third-order valence-corrected chi connectivity index (χ3v) is 4.52. The van der Waals surface area contributed by atoms with Gasteiger partial charge >= 0.3 is 0 Å². The fourth-order valence-corrected chi connectivity index (χ4v) is 3.27. The van der Waals surface area contributed by atoms with Gasteiger partial charge in [-0.15, -0.1) is 0 Å². The third-order valence-electron chi connectivity index (χ3n) is 4.52. The molecule has 20 heavy (non-hydrogen) atoms. The van der Waals surface area contributed by atoms with Crippen LogP contribution in [0, 0.1) is 0 Å². The number of Topliss-reactive ketones (excluding diaryl/α,β-unsaturated/α-hetero) is 1. The Morgan fingerprint density at radius 2 is 1.90 bits per heavy atom. The zero-order valence-electron chi connectivity index (χ0n) is 11.9. The molecule has 3 rings (SSSR count). The average molecular weight is 274 g/mol. The summed E-state index contributed by atoms with van der Waals surface area (Å²) in [5.41, 5.74) is 1.26. The Kier molecular flexibility index (Phi) is 3.79. The van der Waals surface area contributed by atoms with Gasteiger partial charge in [0.1, 0.15) is 12.4 Å². The lowest BCUT2D eigenvalue weighted by Gasteiger charge is -2.31. The Hall–Kier alpha value is -1.35. The predicted molar refractivity (Wildman–Crippen MR) is 77.2 cm³/mol. The number of benzene rings is 1. The minimum Gasteiger partial charge on any atom is -0.491 e. The van der Waals surface area contributed by atoms with Crippen LogP contribution in [0.2, 0.25) is 0 Å². The van der Waals surface area contributed by atoms with Crippen molar-refractivity contribution in [3.05, 3.63) is 29.3 Å². The van der Waals surface area contributed by atoms with Gasteiger partial charge in [0.2, 0.25) is 0 Å². The van der Waals surface area contributed by atoms with Gasteiger partial charge in [0, 0.05) is 12.0 Å². The number of carbonyl (C=O) groups excluding carboxylic acids is 1. The standard InChI is InChI=1S/C17H22O3/c18-16-6-4-5-13-7-8-14(11-15(13)16)20-12-17(19)9-2-1-3-10-17/h7-8,11,19H,1-6,9-10,12H2. The number of rotatable bonds is 3. The predicted octanol–water partition coefficient (Wildman–Crippen LogP) is 3.28. The molecule has 0 aromatic heterocycles. The van der Waals surface area contributed by atoms with Crippen molar-refractivity contribution in [1.29, 1.82) is 0 Å². The number of aliphatic hydroxyl groups is 1. The summed E-state index contributed by atoms with van der Waals surface area (Å²) in [6.07, 6.45) is 7.55. The zero-order valence-corrected chi connectivity index (χ0v) is 11.9. The van der Waals surface area contributed by atoms with Crippen molar-refractivity contribution >= 4 is 5.78 Å². The number of ketones is 1. The molecule has 3 nitrogen and oxygen atoms in total. The van der Waals surface area contributed by atoms with Crippen LogP contribution in [0.1, 0.15) is 60.9 Å². The Balaban J connectivity index is 1.69. The molecule has 3 heteroatoms. The maximum atomic E-state index is 11.9. The summed E-state index contributed by atoms with van der Waals surface area (Å²) in [4.78, 5) is 11.9. The Bertz CT molecular complexity index is 501. The number of fused-ring (bicyclic) bond motifs is 1. The average Bonchev–Trinajstić information content (AvgIpc) is 2.47. The number of aryl methyl sites for hydroxylation is 1. The first-order valence-electron chi connectivity index (χ1n) is 7.68. The largest absolute Gasteiger partial charge is 0.491 e. The van der Waals surface area contributed by atoms with E-state index in [9.17, 15) is 9.90 Å². The molecule has 2 aliphatic carbocycles. The first kappa shape index (κ1) is 13.6. The van der Waals surface area contributed by atoms with E-state index >= 15 is 0 Å². The minimum absolute atomic E-state index is 0.216. The van der Waals surface area contributed by atoms with Crippen molar-refractivity contribution in [2.45, 2.75) is 57.0 Å². The molecule has 108 valence electrons. The van der Waals surface area contributed by atoms with Crippen LogP contribution in [0.4, 0.5) is 0 Å². The van der Waals surface area contributed by atoms with Crippen molar-refractivity contribution in [2.24, 2.45) is 0 Å². The fourth-order valence-electron chi connectivity index (χ4n) is 3.27. The van der Waals surface area contributed by atoms with Crippen LogP contribution in [-0.2, 0) is 6.42 Å². The van der Waals surface area contributed by atoms with E-state index in [0.717, 1.165) is 49.7 Å². The monoisotopic (exact) mass is 274 g/mol. The second-order valence-electron chi connectivity index (χ2n) is 6.17. The van der Waals surface area contributed by atoms with Crippen LogP contribution >= 0.6 is 0 Å². The topological polar surface area (TPSA) is 46.5 Å². The second-order valence-corrected chi connectivity index (χ2v) is 6.17. The van der Waals surface area contributed by atoms with E-state index in [4.69, 9.17) is 4.74 Å². The fraction of sp³-hybridized carbons (Fsp3) is 0.588. The summed E-state index contributed by atoms with van der Waals surface area (Å²) in [6, 6.07) is 5.76. The SMILES string of the molecule is O=C1CCCc2ccc(OCC3(O)CCCCC3)cc21. The van der Waals surface area contributed by atoms with Gasteiger partial charge in [0.25, 0.3) is 0 Å². The maximum absolute atomic E-state index is 11.9. The van der Waals surface area contributed by atoms with E-state index in [1.165, 1.54) is 6.42 Å². The molecule has 0 spiro atoms. The molecule has 0 saturated heterocycles. The van der Waals surface area contributed by atoms with E-state index in [1.807, 2.05) is 18.2 Å². The third kappa shape index (κ3) is 2.88. The van der Waals surface area contributed by atoms with Crippen molar-refractivity contribution in [3.8, 4) is 5.75 Å². The molecule has 0 heterocycles. The van der Waals surface area contributed by atoms with Crippen LogP contribution < -0.4 is 4.74 Å². The Labute approximate surface area is 120 Å². The summed E-state index contributed by atoms with van der Waals surface area (Å²) in [7, 11) is 0. The van der Waals surface area contributed by atoms with Gasteiger partial charge in [-0.25, -0.2) is 0 Å². The summed E-state index contributed by atoms with van der Waals surface area (Å²) in [5, 5.41) is 10.4. The van der Waals surface area contributed by atoms with Gasteiger partial charge in [-0.3, -0.25) is 4.79 Å². The molecule has 0 bridgehead atoms. The smallest absolute Gasteiger partial charge is 0.163 e. The highest BCUT2D eigenvalue weighted by molar-refractivity contribution is 5.98. The van der Waals surface area contributed by atoms with E-state index in [0.29, 0.717) is 18.8 Å². The van der Waals surface area contributed by atoms with Gasteiger partial charge in [-0.05, 0) is 43.4 Å². The highest BCUT2D eigenvalue weighted by Gasteiger charge is 2.30. The summed E-state index contributed by atoms with van der Waals surface area (Å²) >= 11 is 0. The molecule has 1 N–H and O–H groups in total. The molecule has 0 atom stereocenters. The lowest BCUT2D eigenvalue weighted by molar-refractivity contribution is -0.0339. The van der Waals surface area contributed by atoms with E-state index < -0.39 is 5.60 Å². The number of ether oxygens (including phenoxy) is 1. The van der Waals surface area contributed by atoms with E-state index in [-0.39, 0.29) is 5.78 Å². The molecule has 1 fully saturated rings. The van der Waals surface area contributed by atoms with Gasteiger partial charge in [-0.1, -0.05) is 25.3 Å². The van der Waals surface area contributed by atoms with E-state index in [1.54, 1.807) is 0 Å². The summed E-state index contributed by atoms with van der Waals surface area (Å²) < 4.78 is 5.76. The lowest BCUT2D eigenvalue weighted by atomic mass is 9.85. The quantitative estimate of drug-likeness (QED) is 0.920. The molecular weight excluding hydrogens is 252 g/mol. The van der Waals surface area contributed by atoms with Crippen molar-refractivity contribution in [2.75, 3.05) is 6.61 Å². The first-order chi connectivity index (χ1) is 9.66. The van der Waals surface area contributed by atoms with Crippen molar-refractivity contribution in [3.63, 3.8) is 0 Å². The van der Waals surface area contributed by atoms with Crippen LogP contribution in [0.15, 0.2) is 18.2 Å². The highest BCUT2D eigenvalue weighted by atomic mass is 16.5. The molecular formula is C17H22O3. The zero-order chi connectivity index (χ0) is 14.0. The van der Waals surface area contributed by atoms with Gasteiger partial charge < -0.3 is 9.84 Å². The van der Waals surface area contributed by atoms with Crippen molar-refractivity contribution < 1.29 is 14.6 Å². The number of hydrogen-bond acceptors (Lipinski definition) is 3. The Morgan fingerprint density at radius 1 is 1.10 bits per heavy atom. The summed E-state index contributed by atoms with van der Waals surface area (Å²) in [5.74, 6) is 0.922. The van der Waals surface area contributed by atoms with Crippen LogP contribution in [-0.4, -0.2) is 23.1 Å². The lowest BCUT2D eigenvalue weighted by Crippen LogP contribution is -2.37. The molecule has 2 aliphatic rings. The van der Waals surface area contributed by atoms with Gasteiger partial charge in [0.05, 0.1) is 5.60 Å². The Morgan fingerprint density at radius 3 is 2.70 bits per heavy atom. The molecule has 0 radical (unpaired) electrons. The first-order valence-corrected chi connectivity index (χ1v) is 7.68. The van der Waals surface area contributed by atoms with Crippen LogP contribution in [0.25, 0.3) is 0 Å². The summed E-state index contributed by atoms with van der Waals surface area (Å²) in [6.45, 7) is 0.333. The van der Waals surface area contributed by atoms with Crippen molar-refractivity contribution in [1.82, 2.24) is 0 Å². The molecule has 1 aromatic carbocycles. The number of carbonyl (C=O) groups is 1. The highest BCUT2D eigenvalue weighted by Crippen LogP contribution is 2.30. The van der Waals surface area contributed by atoms with Crippen LogP contribution in [0.3, 0.4) is 0 Å². The minimum atomic E-state index is -0.682. The van der Waals surface area contributed by atoms with Gasteiger partial charge in [0.15, 0.2) is 5.78 Å². The second kappa shape index (κ2) is 5.57. The molecule has 1 saturated carbocycles. The molecule has 0 aliphatic heterocycles. The number of hydrogen-bond donors (Lipinski definition) is 1. The van der Waals surface area contributed by atoms with E-state index in [2.05, 4.69) is 0 Å².